The highest BCUT2D eigenvalue weighted by Gasteiger charge is 2.14. The molecule has 0 bridgehead atoms. The van der Waals surface area contributed by atoms with E-state index in [1.807, 2.05) is 72.8 Å². The molecule has 4 heteroatoms. The van der Waals surface area contributed by atoms with Gasteiger partial charge in [0.2, 0.25) is 5.89 Å². The fourth-order valence-electron chi connectivity index (χ4n) is 3.40. The third-order valence-corrected chi connectivity index (χ3v) is 4.90. The summed E-state index contributed by atoms with van der Waals surface area (Å²) in [7, 11) is 1.65. The molecule has 0 aliphatic rings. The highest BCUT2D eigenvalue weighted by atomic mass is 16.5. The van der Waals surface area contributed by atoms with Crippen molar-refractivity contribution in [2.45, 2.75) is 0 Å². The number of ether oxygens (including phenoxy) is 1. The summed E-state index contributed by atoms with van der Waals surface area (Å²) < 4.78 is 11.4. The van der Waals surface area contributed by atoms with E-state index >= 15 is 0 Å². The van der Waals surface area contributed by atoms with Gasteiger partial charge in [-0.15, -0.1) is 0 Å². The first-order valence-corrected chi connectivity index (χ1v) is 9.38. The second kappa shape index (κ2) is 7.24. The number of oxazole rings is 1. The molecule has 0 aliphatic carbocycles. The van der Waals surface area contributed by atoms with Gasteiger partial charge < -0.3 is 9.15 Å². The van der Waals surface area contributed by atoms with Gasteiger partial charge in [0, 0.05) is 22.1 Å². The number of benzene rings is 3. The Kier molecular flexibility index (Phi) is 4.30. The van der Waals surface area contributed by atoms with Crippen LogP contribution in [-0.2, 0) is 0 Å². The Morgan fingerprint density at radius 2 is 1.55 bits per heavy atom. The van der Waals surface area contributed by atoms with Crippen LogP contribution in [0.2, 0.25) is 0 Å². The zero-order chi connectivity index (χ0) is 19.6. The van der Waals surface area contributed by atoms with E-state index in [-0.39, 0.29) is 0 Å². The van der Waals surface area contributed by atoms with Gasteiger partial charge in [0.15, 0.2) is 5.76 Å². The third-order valence-electron chi connectivity index (χ3n) is 4.90. The number of aromatic nitrogens is 2. The molecule has 0 aliphatic heterocycles. The summed E-state index contributed by atoms with van der Waals surface area (Å²) in [5, 5.41) is 1.01. The summed E-state index contributed by atoms with van der Waals surface area (Å²) in [6.07, 6.45) is 1.76. The van der Waals surface area contributed by atoms with Crippen molar-refractivity contribution >= 4 is 10.9 Å². The highest BCUT2D eigenvalue weighted by molar-refractivity contribution is 5.94. The summed E-state index contributed by atoms with van der Waals surface area (Å²) >= 11 is 0. The number of hydrogen-bond donors (Lipinski definition) is 0. The Labute approximate surface area is 168 Å². The molecular weight excluding hydrogens is 360 g/mol. The van der Waals surface area contributed by atoms with Crippen molar-refractivity contribution in [3.05, 3.63) is 91.1 Å². The molecule has 4 nitrogen and oxygen atoms in total. The number of para-hydroxylation sites is 1. The number of pyridine rings is 1. The monoisotopic (exact) mass is 378 g/mol. The average Bonchev–Trinajstić information content (AvgIpc) is 3.29. The molecule has 29 heavy (non-hydrogen) atoms. The molecule has 5 rings (SSSR count). The van der Waals surface area contributed by atoms with Gasteiger partial charge in [-0.3, -0.25) is 0 Å². The highest BCUT2D eigenvalue weighted by Crippen LogP contribution is 2.33. The Balaban J connectivity index is 1.63. The van der Waals surface area contributed by atoms with Crippen LogP contribution in [0.1, 0.15) is 0 Å². The quantitative estimate of drug-likeness (QED) is 0.372. The van der Waals surface area contributed by atoms with Crippen molar-refractivity contribution in [1.82, 2.24) is 9.97 Å². The van der Waals surface area contributed by atoms with Crippen molar-refractivity contribution in [3.63, 3.8) is 0 Å². The lowest BCUT2D eigenvalue weighted by atomic mass is 10.0. The van der Waals surface area contributed by atoms with Gasteiger partial charge >= 0.3 is 0 Å². The zero-order valence-corrected chi connectivity index (χ0v) is 15.9. The molecule has 2 heterocycles. The van der Waals surface area contributed by atoms with Gasteiger partial charge in [-0.1, -0.05) is 48.5 Å². The Morgan fingerprint density at radius 1 is 0.793 bits per heavy atom. The largest absolute Gasteiger partial charge is 0.497 e. The maximum Gasteiger partial charge on any atom is 0.227 e. The zero-order valence-electron chi connectivity index (χ0n) is 15.9. The minimum Gasteiger partial charge on any atom is -0.497 e. The molecule has 0 fully saturated rings. The minimum atomic E-state index is 0.576. The van der Waals surface area contributed by atoms with E-state index in [4.69, 9.17) is 14.1 Å². The van der Waals surface area contributed by atoms with Gasteiger partial charge in [-0.05, 0) is 36.4 Å². The van der Waals surface area contributed by atoms with Crippen LogP contribution in [0.4, 0.5) is 0 Å². The van der Waals surface area contributed by atoms with Crippen molar-refractivity contribution in [2.75, 3.05) is 7.11 Å². The molecule has 0 spiro atoms. The predicted molar refractivity (Wildman–Crippen MR) is 115 cm³/mol. The number of hydrogen-bond acceptors (Lipinski definition) is 4. The van der Waals surface area contributed by atoms with Crippen molar-refractivity contribution < 1.29 is 9.15 Å². The first-order chi connectivity index (χ1) is 14.3. The lowest BCUT2D eigenvalue weighted by Gasteiger charge is -2.08. The summed E-state index contributed by atoms with van der Waals surface area (Å²) in [6.45, 7) is 0. The first-order valence-electron chi connectivity index (χ1n) is 9.38. The summed E-state index contributed by atoms with van der Waals surface area (Å²) in [6, 6.07) is 28.0. The first kappa shape index (κ1) is 17.2. The molecule has 0 amide bonds. The number of methoxy groups -OCH3 is 1. The topological polar surface area (TPSA) is 48.2 Å². The fourth-order valence-corrected chi connectivity index (χ4v) is 3.40. The lowest BCUT2D eigenvalue weighted by Crippen LogP contribution is -1.89. The van der Waals surface area contributed by atoms with Gasteiger partial charge in [0.1, 0.15) is 5.75 Å². The fraction of sp³-hybridized carbons (Fsp3) is 0.0400. The molecular formula is C25H18N2O2. The van der Waals surface area contributed by atoms with Crippen LogP contribution in [0, 0.1) is 0 Å². The third kappa shape index (κ3) is 3.25. The SMILES string of the molecule is COc1ccc(-c2cnc(-c3cc(-c4ccccc4)nc4ccccc34)o2)cc1. The van der Waals surface area contributed by atoms with Crippen LogP contribution in [0.15, 0.2) is 95.5 Å². The van der Waals surface area contributed by atoms with Crippen LogP contribution >= 0.6 is 0 Å². The van der Waals surface area contributed by atoms with Crippen molar-refractivity contribution in [3.8, 4) is 39.8 Å². The summed E-state index contributed by atoms with van der Waals surface area (Å²) in [4.78, 5) is 9.40. The molecule has 140 valence electrons. The van der Waals surface area contributed by atoms with Crippen LogP contribution in [0.3, 0.4) is 0 Å². The second-order valence-corrected chi connectivity index (χ2v) is 6.70. The Hall–Kier alpha value is -3.92. The van der Waals surface area contributed by atoms with E-state index in [0.29, 0.717) is 11.7 Å². The van der Waals surface area contributed by atoms with Crippen LogP contribution in [-0.4, -0.2) is 17.1 Å². The van der Waals surface area contributed by atoms with E-state index in [0.717, 1.165) is 39.0 Å². The minimum absolute atomic E-state index is 0.576. The molecule has 0 N–H and O–H groups in total. The molecule has 0 saturated carbocycles. The van der Waals surface area contributed by atoms with Crippen molar-refractivity contribution in [2.24, 2.45) is 0 Å². The van der Waals surface area contributed by atoms with Gasteiger partial charge in [-0.25, -0.2) is 9.97 Å². The number of rotatable bonds is 4. The van der Waals surface area contributed by atoms with Gasteiger partial charge in [0.25, 0.3) is 0 Å². The van der Waals surface area contributed by atoms with E-state index in [2.05, 4.69) is 17.1 Å². The Morgan fingerprint density at radius 3 is 2.34 bits per heavy atom. The predicted octanol–water partition coefficient (Wildman–Crippen LogP) is 6.23. The van der Waals surface area contributed by atoms with Crippen LogP contribution in [0.25, 0.3) is 44.9 Å². The molecule has 0 atom stereocenters. The van der Waals surface area contributed by atoms with Crippen molar-refractivity contribution in [1.29, 1.82) is 0 Å². The number of nitrogens with zero attached hydrogens (tertiary/aromatic N) is 2. The van der Waals surface area contributed by atoms with Gasteiger partial charge in [0.05, 0.1) is 24.5 Å². The lowest BCUT2D eigenvalue weighted by molar-refractivity contribution is 0.415. The maximum absolute atomic E-state index is 6.15. The van der Waals surface area contributed by atoms with E-state index in [1.165, 1.54) is 0 Å². The average molecular weight is 378 g/mol. The van der Waals surface area contributed by atoms with Crippen LogP contribution in [0.5, 0.6) is 5.75 Å². The second-order valence-electron chi connectivity index (χ2n) is 6.70. The Bertz CT molecular complexity index is 1280. The molecule has 5 aromatic rings. The normalized spacial score (nSPS) is 10.9. The summed E-state index contributed by atoms with van der Waals surface area (Å²) in [5.74, 6) is 2.09. The standard InChI is InChI=1S/C25H18N2O2/c1-28-19-13-11-18(12-14-19)24-16-26-25(29-24)21-15-23(17-7-3-2-4-8-17)27-22-10-6-5-9-20(21)22/h2-16H,1H3. The summed E-state index contributed by atoms with van der Waals surface area (Å²) in [5.41, 5.74) is 4.73. The maximum atomic E-state index is 6.15. The molecule has 0 unspecified atom stereocenters. The smallest absolute Gasteiger partial charge is 0.227 e. The molecule has 2 aromatic heterocycles. The van der Waals surface area contributed by atoms with E-state index < -0.39 is 0 Å². The van der Waals surface area contributed by atoms with E-state index in [9.17, 15) is 0 Å². The molecule has 0 saturated heterocycles. The molecule has 0 radical (unpaired) electrons. The number of fused-ring (bicyclic) bond motifs is 1. The van der Waals surface area contributed by atoms with E-state index in [1.54, 1.807) is 13.3 Å². The van der Waals surface area contributed by atoms with Crippen LogP contribution < -0.4 is 4.74 Å². The molecule has 3 aromatic carbocycles. The van der Waals surface area contributed by atoms with Gasteiger partial charge in [-0.2, -0.15) is 0 Å².